The van der Waals surface area contributed by atoms with Crippen LogP contribution in [0, 0.1) is 0 Å². The lowest BCUT2D eigenvalue weighted by Gasteiger charge is -2.19. The van der Waals surface area contributed by atoms with Crippen molar-refractivity contribution in [2.75, 3.05) is 0 Å². The van der Waals surface area contributed by atoms with E-state index in [1.807, 2.05) is 30.3 Å². The van der Waals surface area contributed by atoms with Crippen molar-refractivity contribution < 1.29 is 0 Å². The first-order valence-corrected chi connectivity index (χ1v) is 5.94. The van der Waals surface area contributed by atoms with Crippen LogP contribution in [0.1, 0.15) is 43.7 Å². The molecule has 0 aliphatic carbocycles. The van der Waals surface area contributed by atoms with E-state index < -0.39 is 0 Å². The quantitative estimate of drug-likeness (QED) is 0.829. The van der Waals surface area contributed by atoms with E-state index in [0.29, 0.717) is 0 Å². The van der Waals surface area contributed by atoms with E-state index >= 15 is 0 Å². The molecule has 0 aliphatic heterocycles. The Bertz CT molecular complexity index is 445. The van der Waals surface area contributed by atoms with Gasteiger partial charge >= 0.3 is 0 Å². The van der Waals surface area contributed by atoms with Gasteiger partial charge in [-0.25, -0.2) is 4.98 Å². The Morgan fingerprint density at radius 1 is 1.53 bits per heavy atom. The summed E-state index contributed by atoms with van der Waals surface area (Å²) in [5.41, 5.74) is 1.19. The number of hydrogen-bond acceptors (Lipinski definition) is 3. The number of aromatic amines is 1. The maximum atomic E-state index is 4.30. The molecule has 2 rings (SSSR count). The predicted molar refractivity (Wildman–Crippen MR) is 66.4 cm³/mol. The molecule has 0 amide bonds. The first-order chi connectivity index (χ1) is 8.20. The van der Waals surface area contributed by atoms with Crippen LogP contribution in [0.5, 0.6) is 0 Å². The Kier molecular flexibility index (Phi) is 3.58. The Hall–Kier alpha value is -1.62. The van der Waals surface area contributed by atoms with Crippen LogP contribution in [0.25, 0.3) is 0 Å². The standard InChI is InChI=1S/C12H19N5/c1-4-11(12-13-5-6-14-12)16-9(2)10-7-15-17(3)8-10/h5-9,11,16H,4H2,1-3H3,(H,13,14). The van der Waals surface area contributed by atoms with Gasteiger partial charge < -0.3 is 10.3 Å². The van der Waals surface area contributed by atoms with Gasteiger partial charge in [0.05, 0.1) is 12.2 Å². The minimum atomic E-state index is 0.250. The molecule has 5 heteroatoms. The van der Waals surface area contributed by atoms with Gasteiger partial charge in [-0.2, -0.15) is 5.10 Å². The third kappa shape index (κ3) is 2.74. The van der Waals surface area contributed by atoms with Crippen LogP contribution in [0.4, 0.5) is 0 Å². The first-order valence-electron chi connectivity index (χ1n) is 5.94. The topological polar surface area (TPSA) is 58.5 Å². The van der Waals surface area contributed by atoms with Gasteiger partial charge in [0, 0.05) is 37.2 Å². The van der Waals surface area contributed by atoms with Gasteiger partial charge in [-0.05, 0) is 13.3 Å². The molecule has 2 heterocycles. The summed E-state index contributed by atoms with van der Waals surface area (Å²) in [7, 11) is 1.93. The largest absolute Gasteiger partial charge is 0.347 e. The van der Waals surface area contributed by atoms with Crippen LogP contribution >= 0.6 is 0 Å². The number of aromatic nitrogens is 4. The van der Waals surface area contributed by atoms with Gasteiger partial charge in [-0.15, -0.1) is 0 Å². The molecule has 17 heavy (non-hydrogen) atoms. The van der Waals surface area contributed by atoms with Gasteiger partial charge in [0.1, 0.15) is 5.82 Å². The van der Waals surface area contributed by atoms with Crippen molar-refractivity contribution >= 4 is 0 Å². The average Bonchev–Trinajstić information content (AvgIpc) is 2.96. The van der Waals surface area contributed by atoms with Gasteiger partial charge in [0.15, 0.2) is 0 Å². The monoisotopic (exact) mass is 233 g/mol. The van der Waals surface area contributed by atoms with Gasteiger partial charge in [0.2, 0.25) is 0 Å². The lowest BCUT2D eigenvalue weighted by atomic mass is 10.1. The highest BCUT2D eigenvalue weighted by atomic mass is 15.2. The smallest absolute Gasteiger partial charge is 0.123 e. The van der Waals surface area contributed by atoms with Crippen molar-refractivity contribution in [2.24, 2.45) is 7.05 Å². The molecule has 0 fully saturated rings. The highest BCUT2D eigenvalue weighted by Gasteiger charge is 2.16. The maximum Gasteiger partial charge on any atom is 0.123 e. The van der Waals surface area contributed by atoms with Crippen LogP contribution in [-0.2, 0) is 7.05 Å². The molecular weight excluding hydrogens is 214 g/mol. The van der Waals surface area contributed by atoms with E-state index in [2.05, 4.69) is 34.2 Å². The Morgan fingerprint density at radius 2 is 2.35 bits per heavy atom. The zero-order valence-electron chi connectivity index (χ0n) is 10.5. The summed E-state index contributed by atoms with van der Waals surface area (Å²) in [6, 6.07) is 0.513. The summed E-state index contributed by atoms with van der Waals surface area (Å²) in [6.07, 6.45) is 8.57. The number of aryl methyl sites for hydroxylation is 1. The highest BCUT2D eigenvalue weighted by molar-refractivity contribution is 5.10. The lowest BCUT2D eigenvalue weighted by Crippen LogP contribution is -2.24. The van der Waals surface area contributed by atoms with E-state index in [0.717, 1.165) is 12.2 Å². The van der Waals surface area contributed by atoms with Gasteiger partial charge in [-0.1, -0.05) is 6.92 Å². The molecule has 5 nitrogen and oxygen atoms in total. The lowest BCUT2D eigenvalue weighted by molar-refractivity contribution is 0.441. The normalized spacial score (nSPS) is 14.8. The molecular formula is C12H19N5. The van der Waals surface area contributed by atoms with E-state index in [4.69, 9.17) is 0 Å². The Morgan fingerprint density at radius 3 is 2.88 bits per heavy atom. The molecule has 2 N–H and O–H groups in total. The number of imidazole rings is 1. The number of nitrogens with zero attached hydrogens (tertiary/aromatic N) is 3. The molecule has 2 aromatic rings. The summed E-state index contributed by atoms with van der Waals surface area (Å²) in [4.78, 5) is 7.46. The van der Waals surface area contributed by atoms with Crippen molar-refractivity contribution in [1.29, 1.82) is 0 Å². The van der Waals surface area contributed by atoms with E-state index in [1.165, 1.54) is 5.56 Å². The minimum absolute atomic E-state index is 0.250. The van der Waals surface area contributed by atoms with Crippen molar-refractivity contribution in [3.05, 3.63) is 36.2 Å². The SMILES string of the molecule is CCC(NC(C)c1cnn(C)c1)c1ncc[nH]1. The molecule has 0 saturated heterocycles. The van der Waals surface area contributed by atoms with Crippen molar-refractivity contribution in [3.8, 4) is 0 Å². The molecule has 92 valence electrons. The van der Waals surface area contributed by atoms with Gasteiger partial charge in [-0.3, -0.25) is 4.68 Å². The summed E-state index contributed by atoms with van der Waals surface area (Å²) in [5.74, 6) is 0.989. The molecule has 0 saturated carbocycles. The fraction of sp³-hybridized carbons (Fsp3) is 0.500. The second-order valence-corrected chi connectivity index (χ2v) is 4.27. The first kappa shape index (κ1) is 11.9. The second kappa shape index (κ2) is 5.14. The summed E-state index contributed by atoms with van der Waals surface area (Å²) in [6.45, 7) is 4.29. The van der Waals surface area contributed by atoms with Crippen molar-refractivity contribution in [1.82, 2.24) is 25.1 Å². The minimum Gasteiger partial charge on any atom is -0.347 e. The van der Waals surface area contributed by atoms with Crippen molar-refractivity contribution in [3.63, 3.8) is 0 Å². The molecule has 0 aliphatic rings. The zero-order valence-corrected chi connectivity index (χ0v) is 10.5. The number of rotatable bonds is 5. The van der Waals surface area contributed by atoms with Crippen LogP contribution in [0.15, 0.2) is 24.8 Å². The number of nitrogens with one attached hydrogen (secondary N) is 2. The summed E-state index contributed by atoms with van der Waals surface area (Å²) < 4.78 is 1.82. The highest BCUT2D eigenvalue weighted by Crippen LogP contribution is 2.19. The number of hydrogen-bond donors (Lipinski definition) is 2. The van der Waals surface area contributed by atoms with E-state index in [9.17, 15) is 0 Å². The third-order valence-electron chi connectivity index (χ3n) is 2.93. The van der Waals surface area contributed by atoms with Crippen molar-refractivity contribution in [2.45, 2.75) is 32.4 Å². The second-order valence-electron chi connectivity index (χ2n) is 4.27. The van der Waals surface area contributed by atoms with E-state index in [-0.39, 0.29) is 12.1 Å². The average molecular weight is 233 g/mol. The molecule has 0 aromatic carbocycles. The Labute approximate surface area is 101 Å². The van der Waals surface area contributed by atoms with Crippen LogP contribution in [-0.4, -0.2) is 19.7 Å². The van der Waals surface area contributed by atoms with Crippen LogP contribution in [0.2, 0.25) is 0 Å². The predicted octanol–water partition coefficient (Wildman–Crippen LogP) is 1.95. The molecule has 0 bridgehead atoms. The third-order valence-corrected chi connectivity index (χ3v) is 2.93. The molecule has 2 unspecified atom stereocenters. The fourth-order valence-corrected chi connectivity index (χ4v) is 1.92. The maximum absolute atomic E-state index is 4.30. The Balaban J connectivity index is 2.04. The molecule has 0 radical (unpaired) electrons. The summed E-state index contributed by atoms with van der Waals surface area (Å²) >= 11 is 0. The molecule has 2 aromatic heterocycles. The number of H-pyrrole nitrogens is 1. The van der Waals surface area contributed by atoms with Crippen LogP contribution in [0.3, 0.4) is 0 Å². The zero-order chi connectivity index (χ0) is 12.3. The van der Waals surface area contributed by atoms with Gasteiger partial charge in [0.25, 0.3) is 0 Å². The van der Waals surface area contributed by atoms with E-state index in [1.54, 1.807) is 6.20 Å². The molecule has 2 atom stereocenters. The van der Waals surface area contributed by atoms with Crippen LogP contribution < -0.4 is 5.32 Å². The summed E-state index contributed by atoms with van der Waals surface area (Å²) in [5, 5.41) is 7.74. The fourth-order valence-electron chi connectivity index (χ4n) is 1.92. The molecule has 0 spiro atoms.